The number of halogens is 3. The van der Waals surface area contributed by atoms with E-state index in [4.69, 9.17) is 16.3 Å². The summed E-state index contributed by atoms with van der Waals surface area (Å²) in [6.07, 6.45) is 3.25. The van der Waals surface area contributed by atoms with E-state index in [1.807, 2.05) is 0 Å². The fraction of sp³-hybridized carbons (Fsp3) is 0.391. The Balaban J connectivity index is 1.08. The van der Waals surface area contributed by atoms with Crippen LogP contribution < -0.4 is 20.7 Å². The minimum atomic E-state index is -0.607. The summed E-state index contributed by atoms with van der Waals surface area (Å²) in [6, 6.07) is 8.18. The van der Waals surface area contributed by atoms with Gasteiger partial charge in [-0.25, -0.2) is 8.78 Å². The van der Waals surface area contributed by atoms with Crippen LogP contribution in [0.3, 0.4) is 0 Å². The minimum absolute atomic E-state index is 0.00968. The Morgan fingerprint density at radius 2 is 1.84 bits per heavy atom. The van der Waals surface area contributed by atoms with Gasteiger partial charge in [-0.1, -0.05) is 11.6 Å². The monoisotopic (exact) mass is 461 g/mol. The molecule has 1 atom stereocenters. The van der Waals surface area contributed by atoms with Gasteiger partial charge in [0.05, 0.1) is 5.02 Å². The van der Waals surface area contributed by atoms with Crippen LogP contribution in [-0.2, 0) is 16.0 Å². The number of hydrogen-bond acceptors (Lipinski definition) is 4. The lowest BCUT2D eigenvalue weighted by Gasteiger charge is -2.70. The highest BCUT2D eigenvalue weighted by atomic mass is 35.5. The highest BCUT2D eigenvalue weighted by molar-refractivity contribution is 6.30. The summed E-state index contributed by atoms with van der Waals surface area (Å²) in [5.74, 6) is -1.02. The maximum atomic E-state index is 13.4. The van der Waals surface area contributed by atoms with Crippen molar-refractivity contribution in [1.82, 2.24) is 10.6 Å². The van der Waals surface area contributed by atoms with Crippen molar-refractivity contribution in [2.24, 2.45) is 0 Å². The summed E-state index contributed by atoms with van der Waals surface area (Å²) in [5, 5.41) is 9.27. The summed E-state index contributed by atoms with van der Waals surface area (Å²) in [4.78, 5) is 25.0. The van der Waals surface area contributed by atoms with Crippen LogP contribution in [0.4, 0.5) is 14.5 Å². The fourth-order valence-electron chi connectivity index (χ4n) is 5.12. The van der Waals surface area contributed by atoms with Gasteiger partial charge in [0.1, 0.15) is 23.4 Å². The average Bonchev–Trinajstić information content (AvgIpc) is 2.71. The van der Waals surface area contributed by atoms with Crippen molar-refractivity contribution in [3.63, 3.8) is 0 Å². The second-order valence-corrected chi connectivity index (χ2v) is 9.44. The Bertz CT molecular complexity index is 1090. The Labute approximate surface area is 188 Å². The Morgan fingerprint density at radius 3 is 2.59 bits per heavy atom. The summed E-state index contributed by atoms with van der Waals surface area (Å²) in [5.41, 5.74) is 1.07. The van der Waals surface area contributed by atoms with Crippen molar-refractivity contribution in [3.05, 3.63) is 58.6 Å². The second kappa shape index (κ2) is 7.62. The SMILES string of the molecule is O=C(COc1ccc(Cl)c(F)c1)NC12CC(NC(=O)C3CCc4cc(F)ccc4N3)(C1)C2. The molecule has 32 heavy (non-hydrogen) atoms. The third kappa shape index (κ3) is 3.88. The second-order valence-electron chi connectivity index (χ2n) is 9.03. The highest BCUT2D eigenvalue weighted by Gasteiger charge is 2.69. The molecule has 6 nitrogen and oxygen atoms in total. The van der Waals surface area contributed by atoms with Gasteiger partial charge in [-0.2, -0.15) is 0 Å². The predicted molar refractivity (Wildman–Crippen MR) is 115 cm³/mol. The molecular weight excluding hydrogens is 440 g/mol. The van der Waals surface area contributed by atoms with Crippen LogP contribution in [0.25, 0.3) is 0 Å². The van der Waals surface area contributed by atoms with E-state index in [2.05, 4.69) is 16.0 Å². The highest BCUT2D eigenvalue weighted by Crippen LogP contribution is 2.60. The quantitative estimate of drug-likeness (QED) is 0.616. The number of anilines is 1. The molecule has 3 saturated carbocycles. The van der Waals surface area contributed by atoms with Crippen LogP contribution in [0.5, 0.6) is 5.75 Å². The normalized spacial score (nSPS) is 27.2. The molecule has 2 aromatic carbocycles. The molecule has 1 heterocycles. The summed E-state index contributed by atoms with van der Waals surface area (Å²) in [6.45, 7) is -0.228. The molecule has 1 aliphatic heterocycles. The third-order valence-corrected chi connectivity index (χ3v) is 6.81. The van der Waals surface area contributed by atoms with Gasteiger partial charge in [-0.3, -0.25) is 9.59 Å². The van der Waals surface area contributed by atoms with Crippen molar-refractivity contribution in [3.8, 4) is 5.75 Å². The zero-order valence-corrected chi connectivity index (χ0v) is 17.9. The molecule has 6 rings (SSSR count). The number of hydrogen-bond donors (Lipinski definition) is 3. The van der Waals surface area contributed by atoms with Gasteiger partial charge < -0.3 is 20.7 Å². The number of ether oxygens (including phenoxy) is 1. The molecule has 3 fully saturated rings. The van der Waals surface area contributed by atoms with E-state index >= 15 is 0 Å². The standard InChI is InChI=1S/C23H22ClF2N3O3/c24-16-4-3-15(8-17(16)26)32-9-20(30)28-22-10-23(11-22,12-22)29-21(31)19-5-1-13-7-14(25)2-6-18(13)27-19/h2-4,6-8,19,27H,1,5,9-12H2,(H,28,30)(H,29,31). The molecule has 2 aromatic rings. The molecule has 2 bridgehead atoms. The van der Waals surface area contributed by atoms with Crippen LogP contribution >= 0.6 is 11.6 Å². The van der Waals surface area contributed by atoms with Crippen molar-refractivity contribution >= 4 is 29.1 Å². The van der Waals surface area contributed by atoms with Crippen molar-refractivity contribution in [1.29, 1.82) is 0 Å². The zero-order valence-electron chi connectivity index (χ0n) is 17.1. The van der Waals surface area contributed by atoms with E-state index in [1.54, 1.807) is 6.07 Å². The first-order valence-corrected chi connectivity index (χ1v) is 10.9. The lowest BCUT2D eigenvalue weighted by molar-refractivity contribution is -0.150. The molecule has 1 unspecified atom stereocenters. The van der Waals surface area contributed by atoms with Crippen molar-refractivity contribution < 1.29 is 23.1 Å². The molecule has 2 amide bonds. The molecule has 3 N–H and O–H groups in total. The number of aryl methyl sites for hydroxylation is 1. The number of amides is 2. The predicted octanol–water partition coefficient (Wildman–Crippen LogP) is 3.33. The van der Waals surface area contributed by atoms with Crippen molar-refractivity contribution in [2.75, 3.05) is 11.9 Å². The average molecular weight is 462 g/mol. The summed E-state index contributed by atoms with van der Waals surface area (Å²) >= 11 is 5.63. The van der Waals surface area contributed by atoms with Gasteiger partial charge in [-0.05, 0) is 68.0 Å². The molecule has 0 spiro atoms. The van der Waals surface area contributed by atoms with E-state index in [9.17, 15) is 18.4 Å². The fourth-order valence-corrected chi connectivity index (χ4v) is 5.23. The number of benzene rings is 2. The zero-order chi connectivity index (χ0) is 22.5. The number of carbonyl (C=O) groups excluding carboxylic acids is 2. The van der Waals surface area contributed by atoms with E-state index in [0.29, 0.717) is 32.1 Å². The molecule has 9 heteroatoms. The molecule has 0 radical (unpaired) electrons. The summed E-state index contributed by atoms with van der Waals surface area (Å²) < 4.78 is 32.1. The third-order valence-electron chi connectivity index (χ3n) is 6.50. The van der Waals surface area contributed by atoms with Gasteiger partial charge in [0, 0.05) is 22.8 Å². The smallest absolute Gasteiger partial charge is 0.258 e. The van der Waals surface area contributed by atoms with Crippen molar-refractivity contribution in [2.45, 2.75) is 49.2 Å². The van der Waals surface area contributed by atoms with Crippen LogP contribution in [0.15, 0.2) is 36.4 Å². The van der Waals surface area contributed by atoms with Gasteiger partial charge in [0.25, 0.3) is 5.91 Å². The van der Waals surface area contributed by atoms with E-state index in [-0.39, 0.29) is 52.1 Å². The van der Waals surface area contributed by atoms with Gasteiger partial charge in [0.2, 0.25) is 5.91 Å². The molecule has 0 aromatic heterocycles. The van der Waals surface area contributed by atoms with Gasteiger partial charge >= 0.3 is 0 Å². The van der Waals surface area contributed by atoms with E-state index < -0.39 is 5.82 Å². The molecule has 168 valence electrons. The molecule has 4 aliphatic rings. The van der Waals surface area contributed by atoms with Crippen LogP contribution in [0.2, 0.25) is 5.02 Å². The minimum Gasteiger partial charge on any atom is -0.484 e. The number of carbonyl (C=O) groups is 2. The molecule has 0 saturated heterocycles. The van der Waals surface area contributed by atoms with Gasteiger partial charge in [0.15, 0.2) is 6.61 Å². The van der Waals surface area contributed by atoms with E-state index in [0.717, 1.165) is 17.3 Å². The van der Waals surface area contributed by atoms with Crippen LogP contribution in [-0.4, -0.2) is 35.5 Å². The first kappa shape index (κ1) is 21.0. The van der Waals surface area contributed by atoms with Crippen LogP contribution in [0, 0.1) is 11.6 Å². The first-order chi connectivity index (χ1) is 15.2. The van der Waals surface area contributed by atoms with Gasteiger partial charge in [-0.15, -0.1) is 0 Å². The molecule has 3 aliphatic carbocycles. The largest absolute Gasteiger partial charge is 0.484 e. The number of fused-ring (bicyclic) bond motifs is 1. The van der Waals surface area contributed by atoms with Crippen LogP contribution in [0.1, 0.15) is 31.2 Å². The van der Waals surface area contributed by atoms with E-state index in [1.165, 1.54) is 24.3 Å². The maximum absolute atomic E-state index is 13.4. The molecular formula is C23H22ClF2N3O3. The lowest BCUT2D eigenvalue weighted by Crippen LogP contribution is -2.84. The number of nitrogens with one attached hydrogen (secondary N) is 3. The topological polar surface area (TPSA) is 79.5 Å². The number of rotatable bonds is 6. The first-order valence-electron chi connectivity index (χ1n) is 10.5. The Morgan fingerprint density at radius 1 is 1.09 bits per heavy atom. The summed E-state index contributed by atoms with van der Waals surface area (Å²) in [7, 11) is 0. The Kier molecular flexibility index (Phi) is 5.00. The maximum Gasteiger partial charge on any atom is 0.258 e. The Hall–Kier alpha value is -2.87. The lowest BCUT2D eigenvalue weighted by atomic mass is 9.44.